The lowest BCUT2D eigenvalue weighted by Crippen LogP contribution is -2.12. The van der Waals surface area contributed by atoms with Crippen LogP contribution in [0.4, 0.5) is 0 Å². The van der Waals surface area contributed by atoms with Crippen molar-refractivity contribution < 1.29 is 14.6 Å². The first kappa shape index (κ1) is 9.52. The minimum Gasteiger partial charge on any atom is -0.492 e. The lowest BCUT2D eigenvalue weighted by Gasteiger charge is -2.19. The van der Waals surface area contributed by atoms with Crippen molar-refractivity contribution in [2.45, 2.75) is 12.8 Å². The van der Waals surface area contributed by atoms with Crippen LogP contribution in [0.3, 0.4) is 0 Å². The molecule has 3 nitrogen and oxygen atoms in total. The molecule has 0 aliphatic carbocycles. The second-order valence-corrected chi connectivity index (χ2v) is 4.11. The predicted octanol–water partition coefficient (Wildman–Crippen LogP) is 2.47. The maximum atomic E-state index is 10.9. The lowest BCUT2D eigenvalue weighted by molar-refractivity contribution is 0.0691. The van der Waals surface area contributed by atoms with Crippen LogP contribution in [-0.4, -0.2) is 17.7 Å². The quantitative estimate of drug-likeness (QED) is 0.840. The van der Waals surface area contributed by atoms with Crippen LogP contribution < -0.4 is 4.74 Å². The molecule has 0 fully saturated rings. The Morgan fingerprint density at radius 1 is 1.50 bits per heavy atom. The largest absolute Gasteiger partial charge is 0.492 e. The van der Waals surface area contributed by atoms with E-state index in [1.807, 2.05) is 6.07 Å². The van der Waals surface area contributed by atoms with Crippen LogP contribution in [0.1, 0.15) is 22.3 Å². The van der Waals surface area contributed by atoms with Crippen LogP contribution >= 0.6 is 15.9 Å². The number of carboxylic acids is 1. The molecule has 74 valence electrons. The molecule has 4 heteroatoms. The zero-order valence-corrected chi connectivity index (χ0v) is 9.00. The Kier molecular flexibility index (Phi) is 2.46. The molecule has 2 rings (SSSR count). The second kappa shape index (κ2) is 3.61. The molecule has 1 aliphatic rings. The summed E-state index contributed by atoms with van der Waals surface area (Å²) in [5, 5.41) is 8.96. The van der Waals surface area contributed by atoms with Gasteiger partial charge in [0.1, 0.15) is 11.3 Å². The van der Waals surface area contributed by atoms with Crippen LogP contribution in [0.2, 0.25) is 0 Å². The molecule has 1 heterocycles. The Bertz CT molecular complexity index is 387. The topological polar surface area (TPSA) is 46.5 Å². The number of halogens is 1. The van der Waals surface area contributed by atoms with E-state index in [0.717, 1.165) is 22.9 Å². The summed E-state index contributed by atoms with van der Waals surface area (Å²) in [5.74, 6) is -0.406. The number of fused-ring (bicyclic) bond motifs is 1. The predicted molar refractivity (Wildman–Crippen MR) is 54.9 cm³/mol. The van der Waals surface area contributed by atoms with Gasteiger partial charge in [0, 0.05) is 4.47 Å². The molecule has 0 radical (unpaired) electrons. The van der Waals surface area contributed by atoms with E-state index in [1.165, 1.54) is 0 Å². The SMILES string of the molecule is O=C(O)c1cc(Br)cc2c1OCCC2. The van der Waals surface area contributed by atoms with Gasteiger partial charge in [-0.2, -0.15) is 0 Å². The van der Waals surface area contributed by atoms with Gasteiger partial charge in [-0.25, -0.2) is 4.79 Å². The fourth-order valence-electron chi connectivity index (χ4n) is 1.60. The number of hydrogen-bond donors (Lipinski definition) is 1. The van der Waals surface area contributed by atoms with Gasteiger partial charge in [0.25, 0.3) is 0 Å². The van der Waals surface area contributed by atoms with Gasteiger partial charge >= 0.3 is 5.97 Å². The van der Waals surface area contributed by atoms with Gasteiger partial charge in [0.05, 0.1) is 6.61 Å². The third kappa shape index (κ3) is 1.62. The van der Waals surface area contributed by atoms with Crippen molar-refractivity contribution in [1.82, 2.24) is 0 Å². The van der Waals surface area contributed by atoms with Gasteiger partial charge in [0.2, 0.25) is 0 Å². The molecular formula is C10H9BrO3. The first-order valence-electron chi connectivity index (χ1n) is 4.37. The van der Waals surface area contributed by atoms with E-state index >= 15 is 0 Å². The maximum Gasteiger partial charge on any atom is 0.339 e. The normalized spacial score (nSPS) is 14.4. The Balaban J connectivity index is 2.58. The molecule has 1 aromatic rings. The van der Waals surface area contributed by atoms with E-state index in [-0.39, 0.29) is 5.56 Å². The summed E-state index contributed by atoms with van der Waals surface area (Å²) in [7, 11) is 0. The number of aryl methyl sites for hydroxylation is 1. The van der Waals surface area contributed by atoms with Crippen molar-refractivity contribution in [3.8, 4) is 5.75 Å². The number of rotatable bonds is 1. The minimum atomic E-state index is -0.940. The fraction of sp³-hybridized carbons (Fsp3) is 0.300. The van der Waals surface area contributed by atoms with Gasteiger partial charge < -0.3 is 9.84 Å². The van der Waals surface area contributed by atoms with E-state index in [1.54, 1.807) is 6.07 Å². The maximum absolute atomic E-state index is 10.9. The van der Waals surface area contributed by atoms with Crippen molar-refractivity contribution in [3.63, 3.8) is 0 Å². The minimum absolute atomic E-state index is 0.245. The molecule has 0 bridgehead atoms. The highest BCUT2D eigenvalue weighted by atomic mass is 79.9. The highest BCUT2D eigenvalue weighted by Gasteiger charge is 2.19. The molecule has 0 aromatic heterocycles. The highest BCUT2D eigenvalue weighted by molar-refractivity contribution is 9.10. The number of ether oxygens (including phenoxy) is 1. The average molecular weight is 257 g/mol. The number of hydrogen-bond acceptors (Lipinski definition) is 2. The Morgan fingerprint density at radius 2 is 2.29 bits per heavy atom. The van der Waals surface area contributed by atoms with Crippen molar-refractivity contribution in [1.29, 1.82) is 0 Å². The molecule has 1 aromatic carbocycles. The van der Waals surface area contributed by atoms with Crippen LogP contribution in [0.15, 0.2) is 16.6 Å². The van der Waals surface area contributed by atoms with Crippen molar-refractivity contribution in [2.24, 2.45) is 0 Å². The third-order valence-corrected chi connectivity index (χ3v) is 2.66. The average Bonchev–Trinajstić information content (AvgIpc) is 2.16. The number of carboxylic acid groups (broad SMARTS) is 1. The molecular weight excluding hydrogens is 248 g/mol. The molecule has 0 saturated carbocycles. The first-order chi connectivity index (χ1) is 6.68. The van der Waals surface area contributed by atoms with Gasteiger partial charge in [-0.05, 0) is 30.5 Å². The monoisotopic (exact) mass is 256 g/mol. The summed E-state index contributed by atoms with van der Waals surface area (Å²) >= 11 is 3.29. The summed E-state index contributed by atoms with van der Waals surface area (Å²) in [6.45, 7) is 0.606. The Labute approximate surface area is 89.8 Å². The molecule has 0 saturated heterocycles. The number of aromatic carboxylic acids is 1. The Hall–Kier alpha value is -1.03. The van der Waals surface area contributed by atoms with Crippen LogP contribution in [0.5, 0.6) is 5.75 Å². The van der Waals surface area contributed by atoms with Gasteiger partial charge in [-0.15, -0.1) is 0 Å². The van der Waals surface area contributed by atoms with Gasteiger partial charge in [0.15, 0.2) is 0 Å². The molecule has 1 aliphatic heterocycles. The first-order valence-corrected chi connectivity index (χ1v) is 5.16. The second-order valence-electron chi connectivity index (χ2n) is 3.20. The molecule has 1 N–H and O–H groups in total. The van der Waals surface area contributed by atoms with Crippen LogP contribution in [0, 0.1) is 0 Å². The van der Waals surface area contributed by atoms with Crippen molar-refractivity contribution in [2.75, 3.05) is 6.61 Å². The summed E-state index contributed by atoms with van der Waals surface area (Å²) in [6, 6.07) is 3.49. The van der Waals surface area contributed by atoms with Gasteiger partial charge in [-0.3, -0.25) is 0 Å². The van der Waals surface area contributed by atoms with Crippen molar-refractivity contribution in [3.05, 3.63) is 27.7 Å². The smallest absolute Gasteiger partial charge is 0.339 e. The van der Waals surface area contributed by atoms with E-state index in [2.05, 4.69) is 15.9 Å². The fourth-order valence-corrected chi connectivity index (χ4v) is 2.11. The highest BCUT2D eigenvalue weighted by Crippen LogP contribution is 2.32. The summed E-state index contributed by atoms with van der Waals surface area (Å²) < 4.78 is 6.16. The lowest BCUT2D eigenvalue weighted by atomic mass is 10.0. The molecule has 14 heavy (non-hydrogen) atoms. The standard InChI is InChI=1S/C10H9BrO3/c11-7-4-6-2-1-3-14-9(6)8(5-7)10(12)13/h4-5H,1-3H2,(H,12,13). The van der Waals surface area contributed by atoms with Crippen LogP contribution in [-0.2, 0) is 6.42 Å². The van der Waals surface area contributed by atoms with E-state index < -0.39 is 5.97 Å². The molecule has 0 atom stereocenters. The Morgan fingerprint density at radius 3 is 3.00 bits per heavy atom. The molecule has 0 amide bonds. The number of benzene rings is 1. The number of carbonyl (C=O) groups is 1. The zero-order valence-electron chi connectivity index (χ0n) is 7.42. The van der Waals surface area contributed by atoms with Crippen molar-refractivity contribution >= 4 is 21.9 Å². The van der Waals surface area contributed by atoms with Gasteiger partial charge in [-0.1, -0.05) is 15.9 Å². The summed E-state index contributed by atoms with van der Waals surface area (Å²) in [4.78, 5) is 10.9. The van der Waals surface area contributed by atoms with Crippen LogP contribution in [0.25, 0.3) is 0 Å². The van der Waals surface area contributed by atoms with E-state index in [4.69, 9.17) is 9.84 Å². The molecule has 0 spiro atoms. The third-order valence-electron chi connectivity index (χ3n) is 2.20. The summed E-state index contributed by atoms with van der Waals surface area (Å²) in [5.41, 5.74) is 1.22. The van der Waals surface area contributed by atoms with E-state index in [9.17, 15) is 4.79 Å². The summed E-state index contributed by atoms with van der Waals surface area (Å²) in [6.07, 6.45) is 1.83. The molecule has 0 unspecified atom stereocenters. The zero-order chi connectivity index (χ0) is 10.1. The van der Waals surface area contributed by atoms with E-state index in [0.29, 0.717) is 12.4 Å².